The van der Waals surface area contributed by atoms with Crippen LogP contribution in [0, 0.1) is 0 Å². The van der Waals surface area contributed by atoms with Gasteiger partial charge in [-0.2, -0.15) is 0 Å². The van der Waals surface area contributed by atoms with Crippen molar-refractivity contribution in [2.75, 3.05) is 0 Å². The lowest BCUT2D eigenvalue weighted by molar-refractivity contribution is -0.341. The van der Waals surface area contributed by atoms with Crippen molar-refractivity contribution in [2.24, 2.45) is 0 Å². The van der Waals surface area contributed by atoms with Gasteiger partial charge in [0.2, 0.25) is 17.7 Å². The number of rotatable bonds is 8. The van der Waals surface area contributed by atoms with E-state index >= 15 is 0 Å². The standard InChI is InChI=1S/C24H39N3O15/c1-6-14(31)19(13(22(37)38-6)27-10(5)30)41-23-12(26-9(4)29)16(33)18(7(2)39-23)40-24-11(25-8(3)28)15(32)17(34)20(42-24)21(35)36/h6-7,11-20,22-24,31-34,37H,1-5H3,(H,25,28)(H,26,29)(H,27,30)(H,35,36)/t6-,7-,11-,12-,13-,14+,15+,16-,17-,18+,19-,20-,22-,23+,24+/m0/s1. The van der Waals surface area contributed by atoms with Gasteiger partial charge in [-0.25, -0.2) is 4.79 Å². The lowest BCUT2D eigenvalue weighted by Crippen LogP contribution is -2.70. The lowest BCUT2D eigenvalue weighted by Gasteiger charge is -2.49. The number of carboxylic acids is 1. The number of hydrogen-bond donors (Lipinski definition) is 9. The van der Waals surface area contributed by atoms with Crippen molar-refractivity contribution in [1.82, 2.24) is 16.0 Å². The van der Waals surface area contributed by atoms with Gasteiger partial charge in [0.15, 0.2) is 25.0 Å². The van der Waals surface area contributed by atoms with Crippen molar-refractivity contribution >= 4 is 23.7 Å². The number of nitrogens with one attached hydrogen (secondary N) is 3. The average Bonchev–Trinajstić information content (AvgIpc) is 2.87. The molecule has 240 valence electrons. The van der Waals surface area contributed by atoms with E-state index in [9.17, 15) is 49.8 Å². The lowest BCUT2D eigenvalue weighted by atomic mass is 9.94. The molecule has 42 heavy (non-hydrogen) atoms. The number of amides is 3. The predicted molar refractivity (Wildman–Crippen MR) is 134 cm³/mol. The second kappa shape index (κ2) is 13.8. The fraction of sp³-hybridized carbons (Fsp3) is 0.833. The van der Waals surface area contributed by atoms with Crippen LogP contribution >= 0.6 is 0 Å². The Labute approximate surface area is 240 Å². The van der Waals surface area contributed by atoms with Gasteiger partial charge in [-0.3, -0.25) is 14.4 Å². The molecule has 0 bridgehead atoms. The van der Waals surface area contributed by atoms with Gasteiger partial charge in [0, 0.05) is 20.8 Å². The zero-order valence-electron chi connectivity index (χ0n) is 23.5. The van der Waals surface area contributed by atoms with Gasteiger partial charge in [0.05, 0.1) is 12.2 Å². The minimum Gasteiger partial charge on any atom is -0.479 e. The van der Waals surface area contributed by atoms with Gasteiger partial charge in [-0.05, 0) is 13.8 Å². The third kappa shape index (κ3) is 7.51. The van der Waals surface area contributed by atoms with Gasteiger partial charge < -0.3 is 70.3 Å². The molecule has 9 N–H and O–H groups in total. The number of carbonyl (C=O) groups is 4. The Balaban J connectivity index is 1.88. The number of aliphatic hydroxyl groups is 5. The molecule has 18 nitrogen and oxygen atoms in total. The smallest absolute Gasteiger partial charge is 0.335 e. The summed E-state index contributed by atoms with van der Waals surface area (Å²) in [5, 5.41) is 69.9. The number of carbonyl (C=O) groups excluding carboxylic acids is 3. The summed E-state index contributed by atoms with van der Waals surface area (Å²) in [7, 11) is 0. The Morgan fingerprint density at radius 3 is 1.60 bits per heavy atom. The van der Waals surface area contributed by atoms with Crippen LogP contribution in [-0.2, 0) is 42.9 Å². The number of carboxylic acid groups (broad SMARTS) is 1. The van der Waals surface area contributed by atoms with E-state index in [1.165, 1.54) is 20.8 Å². The molecular formula is C24H39N3O15. The quantitative estimate of drug-likeness (QED) is 0.125. The molecule has 3 saturated heterocycles. The van der Waals surface area contributed by atoms with Crippen LogP contribution in [0.4, 0.5) is 0 Å². The van der Waals surface area contributed by atoms with Crippen LogP contribution < -0.4 is 16.0 Å². The molecule has 3 fully saturated rings. The first-order valence-electron chi connectivity index (χ1n) is 13.2. The minimum absolute atomic E-state index is 0.573. The summed E-state index contributed by atoms with van der Waals surface area (Å²) < 4.78 is 28.3. The molecule has 0 aromatic rings. The van der Waals surface area contributed by atoms with Crippen molar-refractivity contribution in [1.29, 1.82) is 0 Å². The van der Waals surface area contributed by atoms with Crippen molar-refractivity contribution in [3.05, 3.63) is 0 Å². The first-order chi connectivity index (χ1) is 19.5. The average molecular weight is 610 g/mol. The molecule has 18 heteroatoms. The second-order valence-corrected chi connectivity index (χ2v) is 10.5. The first kappa shape index (κ1) is 34.0. The molecular weight excluding hydrogens is 570 g/mol. The van der Waals surface area contributed by atoms with E-state index in [1.807, 2.05) is 0 Å². The van der Waals surface area contributed by atoms with E-state index in [-0.39, 0.29) is 0 Å². The minimum atomic E-state index is -1.96. The fourth-order valence-corrected chi connectivity index (χ4v) is 5.17. The second-order valence-electron chi connectivity index (χ2n) is 10.5. The summed E-state index contributed by atoms with van der Waals surface area (Å²) in [5.41, 5.74) is 0. The maximum absolute atomic E-state index is 12.1. The molecule has 0 aromatic heterocycles. The summed E-state index contributed by atoms with van der Waals surface area (Å²) in [5.74, 6) is -3.51. The Bertz CT molecular complexity index is 1000. The first-order valence-corrected chi connectivity index (χ1v) is 13.2. The van der Waals surface area contributed by atoms with Crippen molar-refractivity contribution in [3.63, 3.8) is 0 Å². The van der Waals surface area contributed by atoms with Gasteiger partial charge >= 0.3 is 5.97 Å². The van der Waals surface area contributed by atoms with Crippen LogP contribution in [0.5, 0.6) is 0 Å². The highest BCUT2D eigenvalue weighted by atomic mass is 16.7. The van der Waals surface area contributed by atoms with Crippen LogP contribution in [0.15, 0.2) is 0 Å². The highest BCUT2D eigenvalue weighted by Gasteiger charge is 2.54. The Hall–Kier alpha value is -2.52. The van der Waals surface area contributed by atoms with Crippen LogP contribution in [0.1, 0.15) is 34.6 Å². The topological polar surface area (TPSA) is 272 Å². The van der Waals surface area contributed by atoms with E-state index < -0.39 is 116 Å². The molecule has 15 atom stereocenters. The van der Waals surface area contributed by atoms with E-state index in [1.54, 1.807) is 0 Å². The zero-order valence-corrected chi connectivity index (χ0v) is 23.5. The SMILES string of the molecule is CC(=O)N[C@@H]1[C@H](O[C@H]2[C@@H](O)[C@H](NC(C)=O)[C@@H](O[C@@H]3[C@H](O)[C@H](C)O[C@H](O)[C@H]3NC(C)=O)O[C@H]2C)O[C@H](C(=O)O)[C@@H](O)[C@@H]1O. The molecule has 0 saturated carbocycles. The highest BCUT2D eigenvalue weighted by molar-refractivity contribution is 5.75. The van der Waals surface area contributed by atoms with Crippen LogP contribution in [0.3, 0.4) is 0 Å². The molecule has 0 radical (unpaired) electrons. The summed E-state index contributed by atoms with van der Waals surface area (Å²) in [6.07, 6.45) is -18.4. The molecule has 3 heterocycles. The summed E-state index contributed by atoms with van der Waals surface area (Å²) in [6.45, 7) is 6.29. The Kier molecular flexibility index (Phi) is 11.2. The molecule has 3 amide bonds. The zero-order chi connectivity index (χ0) is 31.6. The monoisotopic (exact) mass is 609 g/mol. The van der Waals surface area contributed by atoms with Gasteiger partial charge in [-0.15, -0.1) is 0 Å². The predicted octanol–water partition coefficient (Wildman–Crippen LogP) is -4.99. The van der Waals surface area contributed by atoms with Crippen LogP contribution in [0.25, 0.3) is 0 Å². The summed E-state index contributed by atoms with van der Waals surface area (Å²) >= 11 is 0. The highest BCUT2D eigenvalue weighted by Crippen LogP contribution is 2.32. The molecule has 3 rings (SSSR count). The Morgan fingerprint density at radius 1 is 0.595 bits per heavy atom. The fourth-order valence-electron chi connectivity index (χ4n) is 5.17. The van der Waals surface area contributed by atoms with Crippen LogP contribution in [-0.4, -0.2) is 146 Å². The van der Waals surface area contributed by atoms with Gasteiger partial charge in [0.25, 0.3) is 0 Å². The maximum atomic E-state index is 12.1. The number of aliphatic hydroxyl groups excluding tert-OH is 5. The van der Waals surface area contributed by atoms with E-state index in [0.29, 0.717) is 0 Å². The largest absolute Gasteiger partial charge is 0.479 e. The third-order valence-electron chi connectivity index (χ3n) is 7.18. The molecule has 3 aliphatic rings. The van der Waals surface area contributed by atoms with E-state index in [2.05, 4.69) is 16.0 Å². The number of aliphatic carboxylic acids is 1. The van der Waals surface area contributed by atoms with Crippen molar-refractivity contribution in [3.8, 4) is 0 Å². The molecule has 0 aromatic carbocycles. The number of hydrogen-bond acceptors (Lipinski definition) is 14. The maximum Gasteiger partial charge on any atom is 0.335 e. The summed E-state index contributed by atoms with van der Waals surface area (Å²) in [6, 6.07) is -4.15. The van der Waals surface area contributed by atoms with Crippen molar-refractivity contribution < 1.29 is 73.5 Å². The van der Waals surface area contributed by atoms with Crippen molar-refractivity contribution in [2.45, 2.75) is 127 Å². The molecule has 0 unspecified atom stereocenters. The normalized spacial score (nSPS) is 44.1. The van der Waals surface area contributed by atoms with E-state index in [0.717, 1.165) is 13.8 Å². The molecule has 3 aliphatic heterocycles. The Morgan fingerprint density at radius 2 is 1.07 bits per heavy atom. The molecule has 0 spiro atoms. The van der Waals surface area contributed by atoms with Gasteiger partial charge in [0.1, 0.15) is 54.7 Å². The number of ether oxygens (including phenoxy) is 5. The van der Waals surface area contributed by atoms with Gasteiger partial charge in [-0.1, -0.05) is 0 Å². The summed E-state index contributed by atoms with van der Waals surface area (Å²) in [4.78, 5) is 47.2. The third-order valence-corrected chi connectivity index (χ3v) is 7.18. The molecule has 0 aliphatic carbocycles. The van der Waals surface area contributed by atoms with Crippen LogP contribution in [0.2, 0.25) is 0 Å². The van der Waals surface area contributed by atoms with E-state index in [4.69, 9.17) is 23.7 Å².